The highest BCUT2D eigenvalue weighted by atomic mass is 32.2. The van der Waals surface area contributed by atoms with Crippen molar-refractivity contribution >= 4 is 53.1 Å². The van der Waals surface area contributed by atoms with Crippen LogP contribution in [-0.4, -0.2) is 149 Å². The van der Waals surface area contributed by atoms with Gasteiger partial charge >= 0.3 is 0 Å². The maximum Gasteiger partial charge on any atom is 0.246 e. The lowest BCUT2D eigenvalue weighted by atomic mass is 9.83. The number of amides is 5. The molecule has 0 saturated carbocycles. The largest absolute Gasteiger partial charge is 0.376 e. The van der Waals surface area contributed by atoms with Crippen LogP contribution in [0.4, 0.5) is 0 Å². The molecule has 4 aliphatic heterocycles. The molecule has 72 heavy (non-hydrogen) atoms. The number of aliphatic hydroxyl groups is 1. The number of unbranched alkanes of at least 4 members (excludes halogenated alkanes) is 3. The summed E-state index contributed by atoms with van der Waals surface area (Å²) in [5, 5.41) is 30.4. The number of hydrogen-bond acceptors (Lipinski definition) is 13. The van der Waals surface area contributed by atoms with E-state index < -0.39 is 53.3 Å². The molecule has 6 aliphatic rings. The van der Waals surface area contributed by atoms with Crippen LogP contribution in [0.2, 0.25) is 0 Å². The first-order valence-electron chi connectivity index (χ1n) is 26.4. The SMILES string of the molecule is CN[C@@H](C)C(=O)N[C@H]1CCS[C@H]2CC(C)(C)[C@@H](C(=O)N[C@H]3c4ccccc4C[C@H]3OCCCCCCO[C@@H]3Cc4ccccc4C3NC(=O)[C@H]3N4C(O)[C@@H](NC(=O)[C@H](C)NC)CCS[C@H]4CC3(C)C)N2C1=O. The number of carbonyl (C=O) groups is 5. The van der Waals surface area contributed by atoms with Crippen molar-refractivity contribution in [2.75, 3.05) is 38.8 Å². The second kappa shape index (κ2) is 23.4. The van der Waals surface area contributed by atoms with Crippen molar-refractivity contribution in [1.82, 2.24) is 41.7 Å². The van der Waals surface area contributed by atoms with E-state index in [1.807, 2.05) is 29.2 Å². The molecule has 7 N–H and O–H groups in total. The van der Waals surface area contributed by atoms with Crippen LogP contribution < -0.4 is 31.9 Å². The zero-order chi connectivity index (χ0) is 51.5. The van der Waals surface area contributed by atoms with Crippen LogP contribution in [0.1, 0.15) is 127 Å². The molecule has 4 saturated heterocycles. The monoisotopic (exact) mass is 1030 g/mol. The molecule has 2 aromatic rings. The van der Waals surface area contributed by atoms with Gasteiger partial charge in [-0.1, -0.05) is 89.1 Å². The van der Waals surface area contributed by atoms with E-state index in [-0.39, 0.29) is 64.6 Å². The van der Waals surface area contributed by atoms with Crippen LogP contribution in [0.25, 0.3) is 0 Å². The zero-order valence-electron chi connectivity index (χ0n) is 43.5. The lowest BCUT2D eigenvalue weighted by molar-refractivity contribution is -0.144. The van der Waals surface area contributed by atoms with Crippen LogP contribution >= 0.6 is 23.5 Å². The number of nitrogens with one attached hydrogen (secondary N) is 6. The Balaban J connectivity index is 0.835. The summed E-state index contributed by atoms with van der Waals surface area (Å²) in [5.74, 6) is 0.515. The Morgan fingerprint density at radius 3 is 1.74 bits per heavy atom. The van der Waals surface area contributed by atoms with Gasteiger partial charge < -0.3 is 51.4 Å². The second-order valence-corrected chi connectivity index (χ2v) is 24.8. The van der Waals surface area contributed by atoms with Crippen LogP contribution in [0.15, 0.2) is 48.5 Å². The number of carbonyl (C=O) groups excluding carboxylic acids is 5. The Kier molecular flexibility index (Phi) is 17.7. The molecule has 13 atom stereocenters. The minimum absolute atomic E-state index is 0.0570. The van der Waals surface area contributed by atoms with Crippen molar-refractivity contribution in [2.45, 2.75) is 183 Å². The Bertz CT molecular complexity index is 2270. The molecule has 4 fully saturated rings. The highest BCUT2D eigenvalue weighted by Crippen LogP contribution is 2.49. The van der Waals surface area contributed by atoms with E-state index in [2.05, 4.69) is 83.9 Å². The Morgan fingerprint density at radius 1 is 0.681 bits per heavy atom. The average molecular weight is 1030 g/mol. The van der Waals surface area contributed by atoms with Crippen molar-refractivity contribution in [1.29, 1.82) is 0 Å². The average Bonchev–Trinajstić information content (AvgIpc) is 3.99. The maximum atomic E-state index is 14.6. The van der Waals surface area contributed by atoms with Crippen LogP contribution in [-0.2, 0) is 46.3 Å². The van der Waals surface area contributed by atoms with E-state index in [1.54, 1.807) is 56.4 Å². The number of rotatable bonds is 19. The van der Waals surface area contributed by atoms with Gasteiger partial charge in [-0.25, -0.2) is 0 Å². The summed E-state index contributed by atoms with van der Waals surface area (Å²) >= 11 is 3.43. The molecule has 4 heterocycles. The number of fused-ring (bicyclic) bond motifs is 4. The van der Waals surface area contributed by atoms with Gasteiger partial charge in [-0.05, 0) is 111 Å². The molecule has 2 aromatic carbocycles. The number of hydrogen-bond donors (Lipinski definition) is 7. The highest BCUT2D eigenvalue weighted by Gasteiger charge is 2.57. The number of aliphatic hydroxyl groups excluding tert-OH is 1. The van der Waals surface area contributed by atoms with Gasteiger partial charge in [-0.3, -0.25) is 28.9 Å². The van der Waals surface area contributed by atoms with E-state index in [1.165, 1.54) is 0 Å². The molecule has 0 aromatic heterocycles. The van der Waals surface area contributed by atoms with Gasteiger partial charge in [0.15, 0.2) is 0 Å². The maximum absolute atomic E-state index is 14.6. The normalized spacial score (nSPS) is 31.3. The summed E-state index contributed by atoms with van der Waals surface area (Å²) in [6.45, 7) is 12.9. The third kappa shape index (κ3) is 11.7. The number of likely N-dealkylation sites (N-methyl/N-ethyl adjacent to an activating group) is 2. The first-order chi connectivity index (χ1) is 34.4. The fraction of sp³-hybridized carbons (Fsp3) is 0.685. The summed E-state index contributed by atoms with van der Waals surface area (Å²) in [6, 6.07) is 12.3. The van der Waals surface area contributed by atoms with Crippen molar-refractivity contribution in [3.63, 3.8) is 0 Å². The Morgan fingerprint density at radius 2 is 1.17 bits per heavy atom. The van der Waals surface area contributed by atoms with Crippen molar-refractivity contribution < 1.29 is 38.6 Å². The molecule has 396 valence electrons. The van der Waals surface area contributed by atoms with Gasteiger partial charge in [0.1, 0.15) is 18.3 Å². The second-order valence-electron chi connectivity index (χ2n) is 22.2. The molecule has 2 unspecified atom stereocenters. The van der Waals surface area contributed by atoms with E-state index in [0.717, 1.165) is 60.1 Å². The van der Waals surface area contributed by atoms with Gasteiger partial charge in [-0.2, -0.15) is 0 Å². The minimum Gasteiger partial charge on any atom is -0.376 e. The fourth-order valence-electron chi connectivity index (χ4n) is 12.0. The first-order valence-corrected chi connectivity index (χ1v) is 28.5. The summed E-state index contributed by atoms with van der Waals surface area (Å²) in [7, 11) is 3.44. The lowest BCUT2D eigenvalue weighted by Crippen LogP contribution is -2.60. The van der Waals surface area contributed by atoms with E-state index in [9.17, 15) is 29.1 Å². The first kappa shape index (κ1) is 54.5. The van der Waals surface area contributed by atoms with Gasteiger partial charge in [0, 0.05) is 26.1 Å². The minimum atomic E-state index is -1.01. The molecule has 2 aliphatic carbocycles. The van der Waals surface area contributed by atoms with Gasteiger partial charge in [0.2, 0.25) is 29.5 Å². The topological polar surface area (TPSA) is 203 Å². The number of ether oxygens (including phenoxy) is 2. The Hall–Kier alpha value is -3.75. The van der Waals surface area contributed by atoms with Crippen LogP contribution in [0.3, 0.4) is 0 Å². The van der Waals surface area contributed by atoms with Crippen molar-refractivity contribution in [3.8, 4) is 0 Å². The fourth-order valence-corrected chi connectivity index (χ4v) is 15.2. The molecule has 0 spiro atoms. The summed E-state index contributed by atoms with van der Waals surface area (Å²) in [4.78, 5) is 72.9. The third-order valence-electron chi connectivity index (χ3n) is 16.2. The predicted octanol–water partition coefficient (Wildman–Crippen LogP) is 4.30. The lowest BCUT2D eigenvalue weighted by Gasteiger charge is -2.38. The zero-order valence-corrected chi connectivity index (χ0v) is 45.2. The van der Waals surface area contributed by atoms with Crippen LogP contribution in [0.5, 0.6) is 0 Å². The Labute approximate surface area is 435 Å². The molecule has 18 heteroatoms. The molecule has 5 amide bonds. The molecule has 8 rings (SSSR count). The van der Waals surface area contributed by atoms with E-state index >= 15 is 0 Å². The molecule has 16 nitrogen and oxygen atoms in total. The van der Waals surface area contributed by atoms with Gasteiger partial charge in [0.25, 0.3) is 0 Å². The smallest absolute Gasteiger partial charge is 0.246 e. The standard InChI is InChI=1S/C54H80N8O8S2/c1-31(55-7)47(63)57-37-21-25-71-41-29-53(3,4)45(61(41)51(37)67)49(65)59-43-35-19-13-11-17-33(35)27-39(43)69-23-15-9-10-16-24-70-40-28-34-18-12-14-20-36(34)44(40)60-50(66)46-54(5,6)30-42-62(46)52(68)38(22-26-72-42)58-48(64)32(2)56-8/h11-14,17-20,31-32,37-46,51,55-56,67H,9-10,15-16,21-30H2,1-8H3,(H,57,63)(H,58,64)(H,59,65)(H,60,66)/t31-,32-,37-,38-,39+,40+,41-,42-,43?,44-,45+,46+,51?/m0/s1. The van der Waals surface area contributed by atoms with Crippen LogP contribution in [0, 0.1) is 10.8 Å². The summed E-state index contributed by atoms with van der Waals surface area (Å²) in [5.41, 5.74) is 3.48. The molecule has 0 radical (unpaired) electrons. The highest BCUT2D eigenvalue weighted by molar-refractivity contribution is 8.00. The van der Waals surface area contributed by atoms with Crippen molar-refractivity contribution in [3.05, 3.63) is 70.8 Å². The molecular weight excluding hydrogens is 953 g/mol. The van der Waals surface area contributed by atoms with Crippen molar-refractivity contribution in [2.24, 2.45) is 10.8 Å². The van der Waals surface area contributed by atoms with E-state index in [4.69, 9.17) is 9.47 Å². The van der Waals surface area contributed by atoms with Gasteiger partial charge in [-0.15, -0.1) is 23.5 Å². The van der Waals surface area contributed by atoms with Gasteiger partial charge in [0.05, 0.1) is 59.2 Å². The van der Waals surface area contributed by atoms with E-state index in [0.29, 0.717) is 51.1 Å². The number of nitrogens with zero attached hydrogens (tertiary/aromatic N) is 2. The predicted molar refractivity (Wildman–Crippen MR) is 282 cm³/mol. The quantitative estimate of drug-likeness (QED) is 0.0984. The number of thioether (sulfide) groups is 2. The third-order valence-corrected chi connectivity index (χ3v) is 18.7. The molecular formula is C54H80N8O8S2. The molecule has 0 bridgehead atoms. The summed E-state index contributed by atoms with van der Waals surface area (Å²) in [6.07, 6.45) is 5.95. The number of benzene rings is 2. The summed E-state index contributed by atoms with van der Waals surface area (Å²) < 4.78 is 13.2.